The van der Waals surface area contributed by atoms with Gasteiger partial charge in [-0.3, -0.25) is 4.79 Å². The standard InChI is InChI=1S/C11H15NO4.C7H13NO2.ClH/c1-2-15-11(13)9-10(16-7-12-9)8-3-5-14-6-4-8;8-5-7(9)6-1-3-10-4-2-6;/h7-8H,2-6H2,1H3;6H,1-5,8H2;1H. The molecule has 154 valence electrons. The summed E-state index contributed by atoms with van der Waals surface area (Å²) in [6.45, 7) is 5.14. The van der Waals surface area contributed by atoms with Crippen LogP contribution in [0.25, 0.3) is 0 Å². The average molecular weight is 405 g/mol. The third kappa shape index (κ3) is 7.21. The van der Waals surface area contributed by atoms with E-state index in [-0.39, 0.29) is 36.6 Å². The number of rotatable bonds is 5. The van der Waals surface area contributed by atoms with Crippen molar-refractivity contribution in [1.29, 1.82) is 0 Å². The molecule has 0 unspecified atom stereocenters. The van der Waals surface area contributed by atoms with Crippen molar-refractivity contribution in [3.8, 4) is 0 Å². The molecule has 0 atom stereocenters. The number of carbonyl (C=O) groups excluding carboxylic acids is 2. The van der Waals surface area contributed by atoms with Crippen LogP contribution < -0.4 is 5.73 Å². The van der Waals surface area contributed by atoms with Crippen molar-refractivity contribution in [2.75, 3.05) is 39.6 Å². The number of ketones is 1. The number of hydrogen-bond donors (Lipinski definition) is 1. The van der Waals surface area contributed by atoms with Gasteiger partial charge in [0.15, 0.2) is 12.1 Å². The van der Waals surface area contributed by atoms with E-state index in [4.69, 9.17) is 24.4 Å². The molecule has 0 radical (unpaired) electrons. The predicted octanol–water partition coefficient (Wildman–Crippen LogP) is 2.11. The normalized spacial score (nSPS) is 18.0. The Morgan fingerprint density at radius 3 is 2.30 bits per heavy atom. The maximum atomic E-state index is 11.6. The molecular weight excluding hydrogens is 376 g/mol. The molecule has 1 aromatic heterocycles. The fourth-order valence-electron chi connectivity index (χ4n) is 3.04. The van der Waals surface area contributed by atoms with E-state index in [0.717, 1.165) is 38.9 Å². The van der Waals surface area contributed by atoms with Gasteiger partial charge in [-0.1, -0.05) is 0 Å². The molecule has 27 heavy (non-hydrogen) atoms. The lowest BCUT2D eigenvalue weighted by Gasteiger charge is -2.20. The first-order valence-electron chi connectivity index (χ1n) is 9.16. The molecular formula is C18H29ClN2O6. The van der Waals surface area contributed by atoms with E-state index in [1.165, 1.54) is 6.39 Å². The number of Topliss-reactive ketones (excluding diaryl/α,β-unsaturated/α-hetero) is 1. The molecule has 1 aromatic rings. The number of halogens is 1. The second-order valence-electron chi connectivity index (χ2n) is 6.23. The Morgan fingerprint density at radius 2 is 1.74 bits per heavy atom. The molecule has 2 saturated heterocycles. The van der Waals surface area contributed by atoms with Crippen LogP contribution >= 0.6 is 12.4 Å². The third-order valence-corrected chi connectivity index (χ3v) is 4.53. The van der Waals surface area contributed by atoms with Gasteiger partial charge in [-0.15, -0.1) is 12.4 Å². The Hall–Kier alpha value is -1.48. The van der Waals surface area contributed by atoms with E-state index < -0.39 is 5.97 Å². The van der Waals surface area contributed by atoms with Crippen LogP contribution in [-0.2, 0) is 19.0 Å². The molecule has 2 aliphatic heterocycles. The Balaban J connectivity index is 0.000000288. The number of carbonyl (C=O) groups is 2. The van der Waals surface area contributed by atoms with E-state index >= 15 is 0 Å². The summed E-state index contributed by atoms with van der Waals surface area (Å²) in [5.74, 6) is 0.817. The first-order chi connectivity index (χ1) is 12.7. The second kappa shape index (κ2) is 12.8. The highest BCUT2D eigenvalue weighted by Gasteiger charge is 2.26. The second-order valence-corrected chi connectivity index (χ2v) is 6.23. The van der Waals surface area contributed by atoms with Crippen LogP contribution in [0, 0.1) is 5.92 Å². The highest BCUT2D eigenvalue weighted by molar-refractivity contribution is 5.88. The zero-order valence-corrected chi connectivity index (χ0v) is 16.5. The molecule has 0 bridgehead atoms. The summed E-state index contributed by atoms with van der Waals surface area (Å²) in [4.78, 5) is 26.5. The molecule has 9 heteroatoms. The maximum absolute atomic E-state index is 11.6. The lowest BCUT2D eigenvalue weighted by molar-refractivity contribution is -0.124. The van der Waals surface area contributed by atoms with Crippen LogP contribution in [0.5, 0.6) is 0 Å². The fourth-order valence-corrected chi connectivity index (χ4v) is 3.04. The zero-order chi connectivity index (χ0) is 18.8. The molecule has 2 fully saturated rings. The summed E-state index contributed by atoms with van der Waals surface area (Å²) in [6, 6.07) is 0. The number of oxazole rings is 1. The van der Waals surface area contributed by atoms with Gasteiger partial charge in [0.1, 0.15) is 11.5 Å². The van der Waals surface area contributed by atoms with Gasteiger partial charge < -0.3 is 24.4 Å². The van der Waals surface area contributed by atoms with E-state index in [2.05, 4.69) is 4.98 Å². The third-order valence-electron chi connectivity index (χ3n) is 4.53. The van der Waals surface area contributed by atoms with E-state index in [1.54, 1.807) is 6.92 Å². The molecule has 0 spiro atoms. The van der Waals surface area contributed by atoms with Gasteiger partial charge in [-0.2, -0.15) is 0 Å². The first kappa shape index (κ1) is 23.6. The number of nitrogens with zero attached hydrogens (tertiary/aromatic N) is 1. The molecule has 0 saturated carbocycles. The minimum Gasteiger partial charge on any atom is -0.461 e. The van der Waals surface area contributed by atoms with Crippen molar-refractivity contribution >= 4 is 24.2 Å². The number of nitrogens with two attached hydrogens (primary N) is 1. The molecule has 3 rings (SSSR count). The molecule has 8 nitrogen and oxygen atoms in total. The lowest BCUT2D eigenvalue weighted by Crippen LogP contribution is -2.28. The first-order valence-corrected chi connectivity index (χ1v) is 9.16. The van der Waals surface area contributed by atoms with Crippen molar-refractivity contribution in [3.63, 3.8) is 0 Å². The largest absolute Gasteiger partial charge is 0.461 e. The Labute approximate surface area is 165 Å². The maximum Gasteiger partial charge on any atom is 0.360 e. The topological polar surface area (TPSA) is 114 Å². The smallest absolute Gasteiger partial charge is 0.360 e. The summed E-state index contributed by atoms with van der Waals surface area (Å²) < 4.78 is 20.6. The van der Waals surface area contributed by atoms with Crippen molar-refractivity contribution in [1.82, 2.24) is 4.98 Å². The van der Waals surface area contributed by atoms with E-state index in [9.17, 15) is 9.59 Å². The number of aromatic nitrogens is 1. The molecule has 0 aliphatic carbocycles. The van der Waals surface area contributed by atoms with Gasteiger partial charge in [0, 0.05) is 38.3 Å². The van der Waals surface area contributed by atoms with Crippen LogP contribution in [0.3, 0.4) is 0 Å². The average Bonchev–Trinajstić information content (AvgIpc) is 3.19. The fraction of sp³-hybridized carbons (Fsp3) is 0.722. The van der Waals surface area contributed by atoms with Crippen LogP contribution in [0.4, 0.5) is 0 Å². The molecule has 2 N–H and O–H groups in total. The molecule has 0 aromatic carbocycles. The molecule has 3 heterocycles. The zero-order valence-electron chi connectivity index (χ0n) is 15.7. The van der Waals surface area contributed by atoms with Crippen molar-refractivity contribution in [2.45, 2.75) is 38.5 Å². The summed E-state index contributed by atoms with van der Waals surface area (Å²) in [7, 11) is 0. The number of esters is 1. The van der Waals surface area contributed by atoms with Crippen LogP contribution in [-0.4, -0.2) is 56.3 Å². The van der Waals surface area contributed by atoms with E-state index in [0.29, 0.717) is 31.3 Å². The summed E-state index contributed by atoms with van der Waals surface area (Å²) in [6.07, 6.45) is 4.74. The molecule has 2 aliphatic rings. The van der Waals surface area contributed by atoms with Crippen LogP contribution in [0.2, 0.25) is 0 Å². The quantitative estimate of drug-likeness (QED) is 0.742. The van der Waals surface area contributed by atoms with Gasteiger partial charge in [0.05, 0.1) is 13.2 Å². The van der Waals surface area contributed by atoms with Crippen molar-refractivity contribution in [3.05, 3.63) is 17.8 Å². The Morgan fingerprint density at radius 1 is 1.15 bits per heavy atom. The highest BCUT2D eigenvalue weighted by atomic mass is 35.5. The predicted molar refractivity (Wildman–Crippen MR) is 100 cm³/mol. The highest BCUT2D eigenvalue weighted by Crippen LogP contribution is 2.29. The summed E-state index contributed by atoms with van der Waals surface area (Å²) in [5.41, 5.74) is 5.53. The van der Waals surface area contributed by atoms with Gasteiger partial charge in [0.2, 0.25) is 0 Å². The Bertz CT molecular complexity index is 568. The van der Waals surface area contributed by atoms with Crippen LogP contribution in [0.1, 0.15) is 54.8 Å². The summed E-state index contributed by atoms with van der Waals surface area (Å²) in [5, 5.41) is 0. The number of ether oxygens (including phenoxy) is 3. The lowest BCUT2D eigenvalue weighted by atomic mass is 9.96. The van der Waals surface area contributed by atoms with Gasteiger partial charge in [0.25, 0.3) is 0 Å². The SMILES string of the molecule is CCOC(=O)c1ncoc1C1CCOCC1.Cl.NCC(=O)C1CCOCC1. The Kier molecular flexibility index (Phi) is 11.2. The van der Waals surface area contributed by atoms with E-state index in [1.807, 2.05) is 0 Å². The molecule has 0 amide bonds. The van der Waals surface area contributed by atoms with Gasteiger partial charge in [-0.05, 0) is 32.6 Å². The number of hydrogen-bond acceptors (Lipinski definition) is 8. The van der Waals surface area contributed by atoms with Crippen molar-refractivity contribution in [2.24, 2.45) is 11.7 Å². The minimum absolute atomic E-state index is 0. The van der Waals surface area contributed by atoms with Gasteiger partial charge in [-0.25, -0.2) is 9.78 Å². The summed E-state index contributed by atoms with van der Waals surface area (Å²) >= 11 is 0. The van der Waals surface area contributed by atoms with Gasteiger partial charge >= 0.3 is 5.97 Å². The monoisotopic (exact) mass is 404 g/mol. The van der Waals surface area contributed by atoms with Crippen molar-refractivity contribution < 1.29 is 28.2 Å². The van der Waals surface area contributed by atoms with Crippen LogP contribution in [0.15, 0.2) is 10.8 Å². The minimum atomic E-state index is -0.405.